The second kappa shape index (κ2) is 7.68. The average Bonchev–Trinajstić information content (AvgIpc) is 3.32. The molecule has 32 heavy (non-hydrogen) atoms. The van der Waals surface area contributed by atoms with Crippen molar-refractivity contribution in [2.24, 2.45) is 5.14 Å². The van der Waals surface area contributed by atoms with Crippen molar-refractivity contribution in [1.82, 2.24) is 9.55 Å². The largest absolute Gasteiger partial charge is 0.335 e. The first-order chi connectivity index (χ1) is 14.9. The molecule has 168 valence electrons. The Balaban J connectivity index is 2.11. The van der Waals surface area contributed by atoms with E-state index in [1.54, 1.807) is 19.1 Å². The molecule has 0 spiro atoms. The molecule has 0 unspecified atom stereocenters. The number of pyridine rings is 1. The Labute approximate surface area is 187 Å². The summed E-state index contributed by atoms with van der Waals surface area (Å²) in [6.07, 6.45) is 4.08. The van der Waals surface area contributed by atoms with Gasteiger partial charge in [0.2, 0.25) is 10.0 Å². The van der Waals surface area contributed by atoms with Crippen LogP contribution in [0.1, 0.15) is 69.3 Å². The van der Waals surface area contributed by atoms with E-state index in [9.17, 15) is 18.1 Å². The fourth-order valence-corrected chi connectivity index (χ4v) is 5.56. The van der Waals surface area contributed by atoms with Crippen LogP contribution in [0.3, 0.4) is 0 Å². The molecule has 4 rings (SSSR count). The van der Waals surface area contributed by atoms with Crippen LogP contribution >= 0.6 is 0 Å². The van der Waals surface area contributed by atoms with Gasteiger partial charge in [0.05, 0.1) is 28.2 Å². The quantitative estimate of drug-likeness (QED) is 0.596. The zero-order valence-corrected chi connectivity index (χ0v) is 19.6. The fraction of sp³-hybridized carbons (Fsp3) is 0.417. The minimum absolute atomic E-state index is 0.0299. The van der Waals surface area contributed by atoms with Gasteiger partial charge in [0, 0.05) is 16.8 Å². The number of aryl methyl sites for hydroxylation is 1. The number of rotatable bonds is 3. The van der Waals surface area contributed by atoms with Crippen molar-refractivity contribution in [2.45, 2.75) is 69.7 Å². The molecule has 0 amide bonds. The molecule has 2 heterocycles. The van der Waals surface area contributed by atoms with Crippen LogP contribution in [0.5, 0.6) is 0 Å². The number of fused-ring (bicyclic) bond motifs is 1. The Morgan fingerprint density at radius 3 is 2.44 bits per heavy atom. The smallest absolute Gasteiger partial charge is 0.239 e. The first kappa shape index (κ1) is 22.4. The molecule has 1 aliphatic rings. The number of hydrogen-bond donors (Lipinski definition) is 1. The van der Waals surface area contributed by atoms with Gasteiger partial charge in [0.15, 0.2) is 0 Å². The number of aromatic nitrogens is 2. The van der Waals surface area contributed by atoms with Gasteiger partial charge < -0.3 is 4.57 Å². The van der Waals surface area contributed by atoms with Crippen LogP contribution < -0.4 is 5.14 Å². The highest BCUT2D eigenvalue weighted by molar-refractivity contribution is 7.89. The van der Waals surface area contributed by atoms with Crippen molar-refractivity contribution >= 4 is 20.9 Å². The number of halogens is 1. The summed E-state index contributed by atoms with van der Waals surface area (Å²) < 4.78 is 41.0. The lowest BCUT2D eigenvalue weighted by Gasteiger charge is -2.23. The van der Waals surface area contributed by atoms with E-state index in [0.717, 1.165) is 31.2 Å². The summed E-state index contributed by atoms with van der Waals surface area (Å²) in [6.45, 7) is 7.31. The molecule has 0 radical (unpaired) electrons. The van der Waals surface area contributed by atoms with Crippen LogP contribution in [0.25, 0.3) is 22.3 Å². The second-order valence-corrected chi connectivity index (χ2v) is 11.1. The van der Waals surface area contributed by atoms with Crippen molar-refractivity contribution in [3.8, 4) is 17.5 Å². The molecule has 1 saturated carbocycles. The van der Waals surface area contributed by atoms with Crippen molar-refractivity contribution < 1.29 is 12.8 Å². The number of nitriles is 1. The summed E-state index contributed by atoms with van der Waals surface area (Å²) in [6, 6.07) is 8.69. The summed E-state index contributed by atoms with van der Waals surface area (Å²) >= 11 is 0. The van der Waals surface area contributed by atoms with Crippen molar-refractivity contribution in [3.63, 3.8) is 0 Å². The third-order valence-corrected chi connectivity index (χ3v) is 7.15. The molecule has 8 heteroatoms. The predicted molar refractivity (Wildman–Crippen MR) is 122 cm³/mol. The molecule has 1 aromatic carbocycles. The van der Waals surface area contributed by atoms with E-state index in [1.165, 1.54) is 12.1 Å². The molecule has 0 saturated heterocycles. The minimum Gasteiger partial charge on any atom is -0.335 e. The zero-order chi connectivity index (χ0) is 23.4. The maximum atomic E-state index is 14.5. The summed E-state index contributed by atoms with van der Waals surface area (Å²) in [4.78, 5) is 4.71. The van der Waals surface area contributed by atoms with E-state index < -0.39 is 15.4 Å². The standard InChI is InChI=1S/C24H27FN4O2S/c1-14-11-20-16(12-18(14)25)17(13-26)22(29(20)15-7-5-6-8-15)19-9-10-21(32(27,30)31)23(28-19)24(2,3)4/h9-12,15H,5-8H2,1-4H3,(H2,27,30,31). The van der Waals surface area contributed by atoms with E-state index in [2.05, 4.69) is 10.6 Å². The van der Waals surface area contributed by atoms with E-state index in [-0.39, 0.29) is 16.8 Å². The number of hydrogen-bond acceptors (Lipinski definition) is 4. The fourth-order valence-electron chi connectivity index (χ4n) is 4.69. The average molecular weight is 455 g/mol. The third-order valence-electron chi connectivity index (χ3n) is 6.20. The van der Waals surface area contributed by atoms with Gasteiger partial charge in [0.1, 0.15) is 16.8 Å². The number of sulfonamides is 1. The number of primary sulfonamides is 1. The van der Waals surface area contributed by atoms with Crippen LogP contribution in [0.15, 0.2) is 29.2 Å². The minimum atomic E-state index is -3.98. The molecule has 1 aliphatic carbocycles. The molecule has 3 aromatic rings. The maximum absolute atomic E-state index is 14.5. The second-order valence-electron chi connectivity index (χ2n) is 9.60. The van der Waals surface area contributed by atoms with Gasteiger partial charge in [-0.1, -0.05) is 33.6 Å². The van der Waals surface area contributed by atoms with Crippen LogP contribution in [0, 0.1) is 24.1 Å². The highest BCUT2D eigenvalue weighted by Gasteiger charge is 2.30. The van der Waals surface area contributed by atoms with Gasteiger partial charge in [-0.25, -0.2) is 22.9 Å². The van der Waals surface area contributed by atoms with Gasteiger partial charge in [-0.3, -0.25) is 0 Å². The normalized spacial score (nSPS) is 15.4. The van der Waals surface area contributed by atoms with Crippen LogP contribution in [-0.4, -0.2) is 18.0 Å². The Bertz CT molecular complexity index is 1370. The van der Waals surface area contributed by atoms with Gasteiger partial charge >= 0.3 is 0 Å². The Morgan fingerprint density at radius 1 is 1.22 bits per heavy atom. The molecule has 0 bridgehead atoms. The first-order valence-corrected chi connectivity index (χ1v) is 12.3. The lowest BCUT2D eigenvalue weighted by molar-refractivity contribution is 0.534. The maximum Gasteiger partial charge on any atom is 0.239 e. The molecule has 2 N–H and O–H groups in total. The van der Waals surface area contributed by atoms with E-state index in [1.807, 2.05) is 20.8 Å². The SMILES string of the molecule is Cc1cc2c(cc1F)c(C#N)c(-c1ccc(S(N)(=O)=O)c(C(C)(C)C)n1)n2C1CCCC1. The monoisotopic (exact) mass is 454 g/mol. The number of nitrogens with two attached hydrogens (primary N) is 1. The van der Waals surface area contributed by atoms with Crippen molar-refractivity contribution in [3.05, 3.63) is 46.9 Å². The molecule has 6 nitrogen and oxygen atoms in total. The molecule has 1 fully saturated rings. The Morgan fingerprint density at radius 2 is 1.88 bits per heavy atom. The summed E-state index contributed by atoms with van der Waals surface area (Å²) in [5, 5.41) is 16.1. The predicted octanol–water partition coefficient (Wildman–Crippen LogP) is 5.08. The van der Waals surface area contributed by atoms with E-state index in [4.69, 9.17) is 10.1 Å². The lowest BCUT2D eigenvalue weighted by atomic mass is 9.91. The van der Waals surface area contributed by atoms with Gasteiger partial charge in [0.25, 0.3) is 0 Å². The van der Waals surface area contributed by atoms with Crippen LogP contribution in [0.2, 0.25) is 0 Å². The topological polar surface area (TPSA) is 102 Å². The van der Waals surface area contributed by atoms with Gasteiger partial charge in [-0.2, -0.15) is 5.26 Å². The van der Waals surface area contributed by atoms with Crippen LogP contribution in [0.4, 0.5) is 4.39 Å². The van der Waals surface area contributed by atoms with Crippen molar-refractivity contribution in [2.75, 3.05) is 0 Å². The Hall–Kier alpha value is -2.76. The highest BCUT2D eigenvalue weighted by atomic mass is 32.2. The summed E-state index contributed by atoms with van der Waals surface area (Å²) in [7, 11) is -3.98. The first-order valence-electron chi connectivity index (χ1n) is 10.7. The van der Waals surface area contributed by atoms with Crippen LogP contribution in [-0.2, 0) is 15.4 Å². The highest BCUT2D eigenvalue weighted by Crippen LogP contribution is 2.42. The molecule has 2 aromatic heterocycles. The number of nitrogens with zero attached hydrogens (tertiary/aromatic N) is 3. The van der Waals surface area contributed by atoms with Gasteiger partial charge in [-0.05, 0) is 49.6 Å². The summed E-state index contributed by atoms with van der Waals surface area (Å²) in [5.74, 6) is -0.364. The number of benzene rings is 1. The van der Waals surface area contributed by atoms with E-state index >= 15 is 0 Å². The summed E-state index contributed by atoms with van der Waals surface area (Å²) in [5.41, 5.74) is 2.49. The molecule has 0 atom stereocenters. The molecule has 0 aliphatic heterocycles. The third kappa shape index (κ3) is 3.70. The zero-order valence-electron chi connectivity index (χ0n) is 18.7. The molecular weight excluding hydrogens is 427 g/mol. The van der Waals surface area contributed by atoms with Gasteiger partial charge in [-0.15, -0.1) is 0 Å². The Kier molecular flexibility index (Phi) is 5.38. The van der Waals surface area contributed by atoms with E-state index in [0.29, 0.717) is 33.6 Å². The molecular formula is C24H27FN4O2S. The lowest BCUT2D eigenvalue weighted by Crippen LogP contribution is -2.23. The van der Waals surface area contributed by atoms with Crippen molar-refractivity contribution in [1.29, 1.82) is 5.26 Å².